The van der Waals surface area contributed by atoms with E-state index < -0.39 is 0 Å². The van der Waals surface area contributed by atoms with Gasteiger partial charge in [-0.25, -0.2) is 9.67 Å². The lowest BCUT2D eigenvalue weighted by molar-refractivity contribution is 0.586. The van der Waals surface area contributed by atoms with E-state index in [4.69, 9.17) is 21.1 Å². The summed E-state index contributed by atoms with van der Waals surface area (Å²) in [5.41, 5.74) is 4.96. The number of benzene rings is 3. The molecule has 0 saturated carbocycles. The van der Waals surface area contributed by atoms with Crippen LogP contribution in [0.15, 0.2) is 89.5 Å². The van der Waals surface area contributed by atoms with Crippen molar-refractivity contribution >= 4 is 34.3 Å². The van der Waals surface area contributed by atoms with Crippen LogP contribution in [0.5, 0.6) is 0 Å². The number of oxazole rings is 1. The van der Waals surface area contributed by atoms with Crippen LogP contribution in [0, 0.1) is 11.3 Å². The van der Waals surface area contributed by atoms with Crippen LogP contribution in [0.3, 0.4) is 0 Å². The lowest BCUT2D eigenvalue weighted by atomic mass is 10.1. The average molecular weight is 423 g/mol. The number of halogens is 1. The van der Waals surface area contributed by atoms with Crippen LogP contribution in [-0.2, 0) is 0 Å². The van der Waals surface area contributed by atoms with E-state index in [0.717, 1.165) is 22.5 Å². The van der Waals surface area contributed by atoms with E-state index in [2.05, 4.69) is 11.1 Å². The highest BCUT2D eigenvalue weighted by atomic mass is 35.5. The number of para-hydroxylation sites is 3. The molecule has 31 heavy (non-hydrogen) atoms. The number of hydrogen-bond acceptors (Lipinski definition) is 4. The second kappa shape index (κ2) is 7.94. The molecule has 6 heteroatoms. The molecule has 0 unspecified atom stereocenters. The van der Waals surface area contributed by atoms with Gasteiger partial charge in [-0.3, -0.25) is 0 Å². The van der Waals surface area contributed by atoms with Gasteiger partial charge >= 0.3 is 0 Å². The Kier molecular flexibility index (Phi) is 4.83. The van der Waals surface area contributed by atoms with Gasteiger partial charge in [0.05, 0.1) is 11.4 Å². The van der Waals surface area contributed by atoms with Crippen molar-refractivity contribution in [2.75, 3.05) is 0 Å². The van der Waals surface area contributed by atoms with Gasteiger partial charge in [0.25, 0.3) is 0 Å². The lowest BCUT2D eigenvalue weighted by Gasteiger charge is -2.01. The summed E-state index contributed by atoms with van der Waals surface area (Å²) in [6, 6.07) is 26.9. The largest absolute Gasteiger partial charge is 0.435 e. The van der Waals surface area contributed by atoms with Crippen molar-refractivity contribution in [3.05, 3.63) is 102 Å². The molecule has 0 aliphatic heterocycles. The van der Waals surface area contributed by atoms with Gasteiger partial charge in [0.15, 0.2) is 5.58 Å². The number of allylic oxidation sites excluding steroid dienone is 1. The number of fused-ring (bicyclic) bond motifs is 1. The SMILES string of the molecule is N#C/C(=C\c1cn(-c2ccccc2)nc1-c1ccc(Cl)cc1)c1nc2ccccc2o1. The van der Waals surface area contributed by atoms with Crippen LogP contribution >= 0.6 is 11.6 Å². The van der Waals surface area contributed by atoms with Crippen LogP contribution in [0.2, 0.25) is 5.02 Å². The van der Waals surface area contributed by atoms with Gasteiger partial charge in [0.1, 0.15) is 17.2 Å². The Morgan fingerprint density at radius 1 is 0.968 bits per heavy atom. The Hall–Kier alpha value is -4.14. The van der Waals surface area contributed by atoms with Crippen molar-refractivity contribution < 1.29 is 4.42 Å². The van der Waals surface area contributed by atoms with Crippen molar-refractivity contribution in [2.45, 2.75) is 0 Å². The summed E-state index contributed by atoms with van der Waals surface area (Å²) in [7, 11) is 0. The Bertz CT molecular complexity index is 1410. The molecule has 3 aromatic carbocycles. The van der Waals surface area contributed by atoms with Gasteiger partial charge < -0.3 is 4.42 Å². The predicted octanol–water partition coefficient (Wildman–Crippen LogP) is 6.40. The third kappa shape index (κ3) is 3.73. The van der Waals surface area contributed by atoms with Gasteiger partial charge in [-0.1, -0.05) is 54.1 Å². The van der Waals surface area contributed by atoms with E-state index in [9.17, 15) is 5.26 Å². The first kappa shape index (κ1) is 18.9. The minimum Gasteiger partial charge on any atom is -0.435 e. The zero-order chi connectivity index (χ0) is 21.2. The van der Waals surface area contributed by atoms with Gasteiger partial charge in [-0.2, -0.15) is 10.4 Å². The predicted molar refractivity (Wildman–Crippen MR) is 122 cm³/mol. The molecule has 148 valence electrons. The molecule has 0 amide bonds. The van der Waals surface area contributed by atoms with Gasteiger partial charge in [0, 0.05) is 22.3 Å². The van der Waals surface area contributed by atoms with Gasteiger partial charge in [-0.15, -0.1) is 0 Å². The minimum absolute atomic E-state index is 0.276. The van der Waals surface area contributed by atoms with E-state index in [1.54, 1.807) is 10.8 Å². The van der Waals surface area contributed by atoms with Crippen LogP contribution in [0.25, 0.3) is 39.7 Å². The van der Waals surface area contributed by atoms with Crippen molar-refractivity contribution in [1.82, 2.24) is 14.8 Å². The van der Waals surface area contributed by atoms with Gasteiger partial charge in [-0.05, 0) is 42.5 Å². The molecule has 0 atom stereocenters. The second-order valence-electron chi connectivity index (χ2n) is 6.88. The summed E-state index contributed by atoms with van der Waals surface area (Å²) in [5.74, 6) is 0.276. The molecule has 0 spiro atoms. The monoisotopic (exact) mass is 422 g/mol. The van der Waals surface area contributed by atoms with Crippen molar-refractivity contribution in [2.24, 2.45) is 0 Å². The van der Waals surface area contributed by atoms with E-state index in [0.29, 0.717) is 21.7 Å². The number of aromatic nitrogens is 3. The molecule has 0 bridgehead atoms. The van der Waals surface area contributed by atoms with E-state index >= 15 is 0 Å². The first-order valence-corrected chi connectivity index (χ1v) is 9.98. The van der Waals surface area contributed by atoms with Crippen molar-refractivity contribution in [1.29, 1.82) is 5.26 Å². The van der Waals surface area contributed by atoms with E-state index in [1.165, 1.54) is 0 Å². The molecule has 0 fully saturated rings. The van der Waals surface area contributed by atoms with Crippen LogP contribution in [0.4, 0.5) is 0 Å². The summed E-state index contributed by atoms with van der Waals surface area (Å²) in [6.45, 7) is 0. The number of nitriles is 1. The summed E-state index contributed by atoms with van der Waals surface area (Å²) < 4.78 is 7.59. The van der Waals surface area contributed by atoms with E-state index in [-0.39, 0.29) is 5.89 Å². The molecule has 0 aliphatic rings. The highest BCUT2D eigenvalue weighted by Crippen LogP contribution is 2.29. The Morgan fingerprint density at radius 3 is 2.45 bits per heavy atom. The topological polar surface area (TPSA) is 67.6 Å². The molecule has 0 radical (unpaired) electrons. The second-order valence-corrected chi connectivity index (χ2v) is 7.31. The Morgan fingerprint density at radius 2 is 1.71 bits per heavy atom. The van der Waals surface area contributed by atoms with Crippen LogP contribution in [-0.4, -0.2) is 14.8 Å². The molecule has 2 heterocycles. The molecule has 2 aromatic heterocycles. The fraction of sp³-hybridized carbons (Fsp3) is 0. The third-order valence-corrected chi connectivity index (χ3v) is 5.08. The zero-order valence-corrected chi connectivity index (χ0v) is 17.0. The number of nitrogens with zero attached hydrogens (tertiary/aromatic N) is 4. The maximum Gasteiger partial charge on any atom is 0.238 e. The summed E-state index contributed by atoms with van der Waals surface area (Å²) in [5, 5.41) is 15.2. The molecular weight excluding hydrogens is 408 g/mol. The third-order valence-electron chi connectivity index (χ3n) is 4.83. The Balaban J connectivity index is 1.66. The summed E-state index contributed by atoms with van der Waals surface area (Å²) >= 11 is 6.06. The fourth-order valence-corrected chi connectivity index (χ4v) is 3.45. The molecule has 5 nitrogen and oxygen atoms in total. The average Bonchev–Trinajstić information content (AvgIpc) is 3.43. The molecular formula is C25H15ClN4O. The van der Waals surface area contributed by atoms with Gasteiger partial charge in [0.2, 0.25) is 5.89 Å². The quantitative estimate of drug-likeness (QED) is 0.314. The van der Waals surface area contributed by atoms with Crippen molar-refractivity contribution in [3.63, 3.8) is 0 Å². The Labute approximate surface area is 183 Å². The number of hydrogen-bond donors (Lipinski definition) is 0. The molecule has 0 N–H and O–H groups in total. The number of rotatable bonds is 4. The highest BCUT2D eigenvalue weighted by molar-refractivity contribution is 6.30. The lowest BCUT2D eigenvalue weighted by Crippen LogP contribution is -1.93. The minimum atomic E-state index is 0.276. The standard InChI is InChI=1S/C25H15ClN4O/c26-20-12-10-17(11-13-20)24-19(16-30(29-24)21-6-2-1-3-7-21)14-18(15-27)25-28-22-8-4-5-9-23(22)31-25/h1-14,16H/b18-14+. The zero-order valence-electron chi connectivity index (χ0n) is 16.2. The molecule has 5 aromatic rings. The van der Waals surface area contributed by atoms with E-state index in [1.807, 2.05) is 85.1 Å². The fourth-order valence-electron chi connectivity index (χ4n) is 3.32. The first-order valence-electron chi connectivity index (χ1n) is 9.60. The maximum atomic E-state index is 9.82. The molecule has 5 rings (SSSR count). The van der Waals surface area contributed by atoms with Crippen LogP contribution in [0.1, 0.15) is 11.5 Å². The molecule has 0 aliphatic carbocycles. The maximum absolute atomic E-state index is 9.82. The normalized spacial score (nSPS) is 11.5. The smallest absolute Gasteiger partial charge is 0.238 e. The summed E-state index contributed by atoms with van der Waals surface area (Å²) in [4.78, 5) is 4.46. The molecule has 0 saturated heterocycles. The summed E-state index contributed by atoms with van der Waals surface area (Å²) in [6.07, 6.45) is 3.64. The first-order chi connectivity index (χ1) is 15.2. The highest BCUT2D eigenvalue weighted by Gasteiger charge is 2.15. The van der Waals surface area contributed by atoms with Crippen molar-refractivity contribution in [3.8, 4) is 23.0 Å². The van der Waals surface area contributed by atoms with Crippen LogP contribution < -0.4 is 0 Å².